The van der Waals surface area contributed by atoms with Gasteiger partial charge in [0.1, 0.15) is 5.01 Å². The van der Waals surface area contributed by atoms with Crippen LogP contribution in [-0.2, 0) is 4.79 Å². The minimum atomic E-state index is -0.225. The Kier molecular flexibility index (Phi) is 3.93. The summed E-state index contributed by atoms with van der Waals surface area (Å²) < 4.78 is 1.17. The molecule has 0 spiro atoms. The van der Waals surface area contributed by atoms with Gasteiger partial charge in [0.2, 0.25) is 5.91 Å². The largest absolute Gasteiger partial charge is 0.358 e. The number of thiazole rings is 1. The SMILES string of the molecule is CNC(=O)C(C)NC(C)c1nc2ccccc2s1. The van der Waals surface area contributed by atoms with Crippen molar-refractivity contribution in [3.8, 4) is 0 Å². The van der Waals surface area contributed by atoms with Crippen molar-refractivity contribution in [2.45, 2.75) is 25.9 Å². The number of nitrogens with one attached hydrogen (secondary N) is 2. The van der Waals surface area contributed by atoms with E-state index in [-0.39, 0.29) is 18.0 Å². The van der Waals surface area contributed by atoms with Crippen molar-refractivity contribution in [1.29, 1.82) is 0 Å². The van der Waals surface area contributed by atoms with Gasteiger partial charge < -0.3 is 5.32 Å². The average Bonchev–Trinajstić information content (AvgIpc) is 2.81. The monoisotopic (exact) mass is 263 g/mol. The molecular formula is C13H17N3OS. The fourth-order valence-corrected chi connectivity index (χ4v) is 2.79. The Morgan fingerprint density at radius 1 is 1.33 bits per heavy atom. The number of hydrogen-bond donors (Lipinski definition) is 2. The molecule has 1 heterocycles. The van der Waals surface area contributed by atoms with Crippen LogP contribution in [0.1, 0.15) is 24.9 Å². The first-order valence-corrected chi connectivity index (χ1v) is 6.76. The maximum atomic E-state index is 11.5. The number of likely N-dealkylation sites (N-methyl/N-ethyl adjacent to an activating group) is 1. The Labute approximate surface area is 110 Å². The first kappa shape index (κ1) is 13.0. The van der Waals surface area contributed by atoms with Crippen LogP contribution in [0, 0.1) is 0 Å². The minimum Gasteiger partial charge on any atom is -0.358 e. The predicted molar refractivity (Wildman–Crippen MR) is 74.7 cm³/mol. The molecule has 0 aliphatic carbocycles. The number of nitrogens with zero attached hydrogens (tertiary/aromatic N) is 1. The van der Waals surface area contributed by atoms with Crippen molar-refractivity contribution in [3.05, 3.63) is 29.3 Å². The number of aromatic nitrogens is 1. The van der Waals surface area contributed by atoms with Gasteiger partial charge in [0.05, 0.1) is 22.3 Å². The van der Waals surface area contributed by atoms with Crippen molar-refractivity contribution in [1.82, 2.24) is 15.6 Å². The van der Waals surface area contributed by atoms with E-state index in [2.05, 4.69) is 21.7 Å². The second kappa shape index (κ2) is 5.46. The van der Waals surface area contributed by atoms with Crippen LogP contribution in [-0.4, -0.2) is 24.0 Å². The number of fused-ring (bicyclic) bond motifs is 1. The molecule has 2 rings (SSSR count). The highest BCUT2D eigenvalue weighted by Crippen LogP contribution is 2.26. The Bertz CT molecular complexity index is 519. The molecule has 2 unspecified atom stereocenters. The number of benzene rings is 1. The van der Waals surface area contributed by atoms with Crippen LogP contribution in [0.3, 0.4) is 0 Å². The van der Waals surface area contributed by atoms with Crippen LogP contribution < -0.4 is 10.6 Å². The number of amides is 1. The fourth-order valence-electron chi connectivity index (χ4n) is 1.81. The van der Waals surface area contributed by atoms with E-state index in [9.17, 15) is 4.79 Å². The molecule has 2 N–H and O–H groups in total. The normalized spacial score (nSPS) is 14.4. The number of hydrogen-bond acceptors (Lipinski definition) is 4. The minimum absolute atomic E-state index is 0.0111. The summed E-state index contributed by atoms with van der Waals surface area (Å²) in [7, 11) is 1.64. The lowest BCUT2D eigenvalue weighted by Gasteiger charge is -2.16. The van der Waals surface area contributed by atoms with Crippen LogP contribution >= 0.6 is 11.3 Å². The fraction of sp³-hybridized carbons (Fsp3) is 0.385. The van der Waals surface area contributed by atoms with Crippen LogP contribution in [0.2, 0.25) is 0 Å². The highest BCUT2D eigenvalue weighted by Gasteiger charge is 2.17. The molecule has 0 saturated heterocycles. The van der Waals surface area contributed by atoms with Gasteiger partial charge in [0.15, 0.2) is 0 Å². The maximum Gasteiger partial charge on any atom is 0.236 e. The van der Waals surface area contributed by atoms with Gasteiger partial charge in [0, 0.05) is 7.05 Å². The smallest absolute Gasteiger partial charge is 0.236 e. The molecule has 96 valence electrons. The molecule has 0 bridgehead atoms. The average molecular weight is 263 g/mol. The number of rotatable bonds is 4. The molecule has 1 aromatic carbocycles. The topological polar surface area (TPSA) is 54.0 Å². The number of carbonyl (C=O) groups excluding carboxylic acids is 1. The Morgan fingerprint density at radius 3 is 2.72 bits per heavy atom. The Morgan fingerprint density at radius 2 is 2.06 bits per heavy atom. The van der Waals surface area contributed by atoms with Gasteiger partial charge in [-0.3, -0.25) is 10.1 Å². The summed E-state index contributed by atoms with van der Waals surface area (Å²) >= 11 is 1.66. The molecule has 0 aliphatic rings. The van der Waals surface area contributed by atoms with E-state index in [0.29, 0.717) is 0 Å². The molecule has 5 heteroatoms. The summed E-state index contributed by atoms with van der Waals surface area (Å²) in [5.74, 6) is -0.0111. The molecular weight excluding hydrogens is 246 g/mol. The van der Waals surface area contributed by atoms with Crippen LogP contribution in [0.25, 0.3) is 10.2 Å². The summed E-state index contributed by atoms with van der Waals surface area (Å²) in [6.45, 7) is 3.87. The molecule has 1 amide bonds. The lowest BCUT2D eigenvalue weighted by Crippen LogP contribution is -2.41. The zero-order valence-corrected chi connectivity index (χ0v) is 11.5. The molecule has 2 atom stereocenters. The van der Waals surface area contributed by atoms with E-state index in [0.717, 1.165) is 10.5 Å². The molecule has 4 nitrogen and oxygen atoms in total. The van der Waals surface area contributed by atoms with Gasteiger partial charge in [-0.1, -0.05) is 12.1 Å². The van der Waals surface area contributed by atoms with Crippen LogP contribution in [0.5, 0.6) is 0 Å². The molecule has 0 aliphatic heterocycles. The zero-order chi connectivity index (χ0) is 13.1. The highest BCUT2D eigenvalue weighted by molar-refractivity contribution is 7.18. The van der Waals surface area contributed by atoms with Crippen molar-refractivity contribution in [2.75, 3.05) is 7.05 Å². The first-order chi connectivity index (χ1) is 8.61. The first-order valence-electron chi connectivity index (χ1n) is 5.95. The second-order valence-corrected chi connectivity index (χ2v) is 5.31. The summed E-state index contributed by atoms with van der Waals surface area (Å²) in [5, 5.41) is 6.88. The van der Waals surface area contributed by atoms with Gasteiger partial charge in [-0.2, -0.15) is 0 Å². The van der Waals surface area contributed by atoms with E-state index in [1.54, 1.807) is 18.4 Å². The van der Waals surface area contributed by atoms with E-state index in [1.807, 2.05) is 32.0 Å². The van der Waals surface area contributed by atoms with Crippen LogP contribution in [0.15, 0.2) is 24.3 Å². The van der Waals surface area contributed by atoms with Gasteiger partial charge in [-0.05, 0) is 26.0 Å². The Balaban J connectivity index is 2.13. The lowest BCUT2D eigenvalue weighted by atomic mass is 10.2. The second-order valence-electron chi connectivity index (χ2n) is 4.24. The molecule has 18 heavy (non-hydrogen) atoms. The summed E-state index contributed by atoms with van der Waals surface area (Å²) in [4.78, 5) is 16.0. The van der Waals surface area contributed by atoms with E-state index < -0.39 is 0 Å². The van der Waals surface area contributed by atoms with Crippen molar-refractivity contribution in [3.63, 3.8) is 0 Å². The molecule has 1 aromatic heterocycles. The van der Waals surface area contributed by atoms with Gasteiger partial charge in [0.25, 0.3) is 0 Å². The summed E-state index contributed by atoms with van der Waals surface area (Å²) in [6, 6.07) is 7.90. The third-order valence-electron chi connectivity index (χ3n) is 2.82. The highest BCUT2D eigenvalue weighted by atomic mass is 32.1. The zero-order valence-electron chi connectivity index (χ0n) is 10.7. The van der Waals surface area contributed by atoms with Crippen molar-refractivity contribution >= 4 is 27.5 Å². The Hall–Kier alpha value is -1.46. The van der Waals surface area contributed by atoms with Gasteiger partial charge >= 0.3 is 0 Å². The van der Waals surface area contributed by atoms with Gasteiger partial charge in [-0.25, -0.2) is 4.98 Å². The summed E-state index contributed by atoms with van der Waals surface area (Å²) in [6.07, 6.45) is 0. The predicted octanol–water partition coefficient (Wildman–Crippen LogP) is 2.08. The molecule has 0 radical (unpaired) electrons. The quantitative estimate of drug-likeness (QED) is 0.888. The van der Waals surface area contributed by atoms with Crippen molar-refractivity contribution < 1.29 is 4.79 Å². The summed E-state index contributed by atoms with van der Waals surface area (Å²) in [5.41, 5.74) is 1.01. The standard InChI is InChI=1S/C13H17N3OS/c1-8(12(17)14-3)15-9(2)13-16-10-6-4-5-7-11(10)18-13/h4-9,15H,1-3H3,(H,14,17). The van der Waals surface area contributed by atoms with Crippen molar-refractivity contribution in [2.24, 2.45) is 0 Å². The number of carbonyl (C=O) groups is 1. The molecule has 2 aromatic rings. The van der Waals surface area contributed by atoms with E-state index >= 15 is 0 Å². The number of para-hydroxylation sites is 1. The molecule has 0 saturated carbocycles. The maximum absolute atomic E-state index is 11.5. The van der Waals surface area contributed by atoms with E-state index in [1.165, 1.54) is 4.70 Å². The van der Waals surface area contributed by atoms with E-state index in [4.69, 9.17) is 0 Å². The third kappa shape index (κ3) is 2.68. The third-order valence-corrected chi connectivity index (χ3v) is 4.04. The lowest BCUT2D eigenvalue weighted by molar-refractivity contribution is -0.122. The van der Waals surface area contributed by atoms with Crippen LogP contribution in [0.4, 0.5) is 0 Å². The molecule has 0 fully saturated rings. The van der Waals surface area contributed by atoms with Gasteiger partial charge in [-0.15, -0.1) is 11.3 Å².